The zero-order valence-electron chi connectivity index (χ0n) is 17.8. The van der Waals surface area contributed by atoms with E-state index in [1.165, 1.54) is 11.3 Å². The molecule has 0 bridgehead atoms. The Morgan fingerprint density at radius 1 is 1.25 bits per heavy atom. The van der Waals surface area contributed by atoms with Crippen LogP contribution in [0.1, 0.15) is 51.8 Å². The van der Waals surface area contributed by atoms with Crippen LogP contribution in [-0.2, 0) is 19.5 Å². The number of carboxylic acid groups (broad SMARTS) is 1. The molecule has 0 saturated heterocycles. The Morgan fingerprint density at radius 3 is 2.78 bits per heavy atom. The molecule has 0 radical (unpaired) electrons. The number of aromatic nitrogens is 2. The molecule has 2 N–H and O–H groups in total. The summed E-state index contributed by atoms with van der Waals surface area (Å²) in [6.45, 7) is 3.35. The number of rotatable bonds is 9. The number of thiophene rings is 1. The van der Waals surface area contributed by atoms with E-state index in [2.05, 4.69) is 27.9 Å². The van der Waals surface area contributed by atoms with Gasteiger partial charge in [-0.15, -0.1) is 11.3 Å². The number of hydrogen-bond donors (Lipinski definition) is 2. The summed E-state index contributed by atoms with van der Waals surface area (Å²) in [7, 11) is 0. The molecule has 162 valence electrons. The van der Waals surface area contributed by atoms with Gasteiger partial charge in [0.2, 0.25) is 0 Å². The second-order valence-electron chi connectivity index (χ2n) is 7.68. The quantitative estimate of drug-likeness (QED) is 0.347. The lowest BCUT2D eigenvalue weighted by atomic mass is 10.0. The van der Waals surface area contributed by atoms with Gasteiger partial charge >= 0.3 is 5.97 Å². The summed E-state index contributed by atoms with van der Waals surface area (Å²) in [5.74, 6) is -0.858. The first kappa shape index (κ1) is 21.6. The first-order chi connectivity index (χ1) is 15.6. The molecule has 0 unspecified atom stereocenters. The first-order valence-electron chi connectivity index (χ1n) is 10.6. The van der Waals surface area contributed by atoms with Crippen molar-refractivity contribution in [2.24, 2.45) is 0 Å². The van der Waals surface area contributed by atoms with Crippen molar-refractivity contribution in [3.05, 3.63) is 82.3 Å². The van der Waals surface area contributed by atoms with Crippen molar-refractivity contribution in [3.63, 3.8) is 0 Å². The number of nitrogens with one attached hydrogen (secondary N) is 1. The van der Waals surface area contributed by atoms with Crippen LogP contribution in [0, 0.1) is 11.3 Å². The molecule has 0 fully saturated rings. The standard InChI is InChI=1S/C25H24N4O2S/c1-2-3-5-21-20-6-4-7-22(23(20)32-24(21)25(30)31)28-14-19-13-27-16-29(19)15-18-10-8-17(12-26)9-11-18/h4,6-11,13,16,28H,2-3,5,14-15H2,1H3,(H,30,31). The fourth-order valence-corrected chi connectivity index (χ4v) is 4.97. The summed E-state index contributed by atoms with van der Waals surface area (Å²) in [5.41, 5.74) is 4.63. The van der Waals surface area contributed by atoms with Crippen molar-refractivity contribution >= 4 is 33.1 Å². The van der Waals surface area contributed by atoms with Gasteiger partial charge in [0, 0.05) is 12.7 Å². The van der Waals surface area contributed by atoms with Crippen LogP contribution in [0.5, 0.6) is 0 Å². The molecule has 2 aromatic carbocycles. The lowest BCUT2D eigenvalue weighted by Gasteiger charge is -2.11. The normalized spacial score (nSPS) is 10.9. The Labute approximate surface area is 190 Å². The van der Waals surface area contributed by atoms with Gasteiger partial charge in [0.05, 0.1) is 40.6 Å². The number of unbranched alkanes of at least 4 members (excludes halogenated alkanes) is 1. The van der Waals surface area contributed by atoms with E-state index in [0.29, 0.717) is 23.5 Å². The topological polar surface area (TPSA) is 90.9 Å². The van der Waals surface area contributed by atoms with Gasteiger partial charge in [-0.3, -0.25) is 0 Å². The smallest absolute Gasteiger partial charge is 0.346 e. The van der Waals surface area contributed by atoms with Crippen LogP contribution in [0.15, 0.2) is 55.0 Å². The molecule has 2 heterocycles. The highest BCUT2D eigenvalue weighted by Crippen LogP contribution is 2.37. The van der Waals surface area contributed by atoms with E-state index in [0.717, 1.165) is 51.9 Å². The second kappa shape index (κ2) is 9.67. The molecule has 0 aliphatic rings. The van der Waals surface area contributed by atoms with E-state index in [4.69, 9.17) is 5.26 Å². The molecule has 0 aliphatic heterocycles. The van der Waals surface area contributed by atoms with E-state index in [-0.39, 0.29) is 0 Å². The van der Waals surface area contributed by atoms with Crippen molar-refractivity contribution in [2.45, 2.75) is 39.3 Å². The Hall–Kier alpha value is -3.63. The highest BCUT2D eigenvalue weighted by molar-refractivity contribution is 7.21. The van der Waals surface area contributed by atoms with Crippen LogP contribution in [0.3, 0.4) is 0 Å². The maximum absolute atomic E-state index is 11.8. The number of imidazole rings is 1. The highest BCUT2D eigenvalue weighted by Gasteiger charge is 2.19. The Kier molecular flexibility index (Phi) is 6.52. The highest BCUT2D eigenvalue weighted by atomic mass is 32.1. The van der Waals surface area contributed by atoms with Crippen molar-refractivity contribution in [2.75, 3.05) is 5.32 Å². The van der Waals surface area contributed by atoms with Crippen molar-refractivity contribution in [3.8, 4) is 6.07 Å². The van der Waals surface area contributed by atoms with Gasteiger partial charge in [-0.05, 0) is 47.6 Å². The van der Waals surface area contributed by atoms with Gasteiger partial charge in [0.1, 0.15) is 4.88 Å². The summed E-state index contributed by atoms with van der Waals surface area (Å²) >= 11 is 1.35. The molecule has 2 aromatic heterocycles. The molecule has 4 rings (SSSR count). The molecule has 0 saturated carbocycles. The molecule has 0 aliphatic carbocycles. The maximum Gasteiger partial charge on any atom is 0.346 e. The van der Waals surface area contributed by atoms with E-state index in [1.54, 1.807) is 6.33 Å². The summed E-state index contributed by atoms with van der Waals surface area (Å²) in [6.07, 6.45) is 6.40. The van der Waals surface area contributed by atoms with E-state index in [9.17, 15) is 9.90 Å². The van der Waals surface area contributed by atoms with Crippen LogP contribution >= 0.6 is 11.3 Å². The molecular weight excluding hydrogens is 420 g/mol. The molecule has 0 atom stereocenters. The number of fused-ring (bicyclic) bond motifs is 1. The monoisotopic (exact) mass is 444 g/mol. The predicted octanol–water partition coefficient (Wildman–Crippen LogP) is 5.67. The molecule has 32 heavy (non-hydrogen) atoms. The van der Waals surface area contributed by atoms with Crippen LogP contribution in [0.2, 0.25) is 0 Å². The number of nitrogens with zero attached hydrogens (tertiary/aromatic N) is 3. The van der Waals surface area contributed by atoms with Gasteiger partial charge in [0.15, 0.2) is 0 Å². The minimum Gasteiger partial charge on any atom is -0.477 e. The molecule has 7 heteroatoms. The number of nitriles is 1. The number of aryl methyl sites for hydroxylation is 1. The lowest BCUT2D eigenvalue weighted by molar-refractivity contribution is 0.0701. The zero-order valence-corrected chi connectivity index (χ0v) is 18.7. The third kappa shape index (κ3) is 4.51. The molecule has 0 amide bonds. The minimum absolute atomic E-state index is 0.438. The average molecular weight is 445 g/mol. The summed E-state index contributed by atoms with van der Waals surface area (Å²) in [4.78, 5) is 16.6. The van der Waals surface area contributed by atoms with Gasteiger partial charge < -0.3 is 15.0 Å². The molecule has 6 nitrogen and oxygen atoms in total. The molecular formula is C25H24N4O2S. The maximum atomic E-state index is 11.8. The second-order valence-corrected chi connectivity index (χ2v) is 8.70. The fourth-order valence-electron chi connectivity index (χ4n) is 3.79. The van der Waals surface area contributed by atoms with Crippen LogP contribution in [0.4, 0.5) is 5.69 Å². The summed E-state index contributed by atoms with van der Waals surface area (Å²) in [6, 6.07) is 15.7. The third-order valence-corrected chi connectivity index (χ3v) is 6.76. The van der Waals surface area contributed by atoms with E-state index >= 15 is 0 Å². The SMILES string of the molecule is CCCCc1c(C(=O)O)sc2c(NCc3cncn3Cc3ccc(C#N)cc3)cccc12. The van der Waals surface area contributed by atoms with E-state index in [1.807, 2.05) is 48.7 Å². The van der Waals surface area contributed by atoms with Crippen LogP contribution in [-0.4, -0.2) is 20.6 Å². The fraction of sp³-hybridized carbons (Fsp3) is 0.240. The molecule has 4 aromatic rings. The van der Waals surface area contributed by atoms with Crippen LogP contribution in [0.25, 0.3) is 10.1 Å². The minimum atomic E-state index is -0.858. The van der Waals surface area contributed by atoms with Crippen molar-refractivity contribution in [1.29, 1.82) is 5.26 Å². The number of anilines is 1. The first-order valence-corrected chi connectivity index (χ1v) is 11.4. The van der Waals surface area contributed by atoms with Gasteiger partial charge in [-0.1, -0.05) is 37.6 Å². The summed E-state index contributed by atoms with van der Waals surface area (Å²) in [5, 5.41) is 23.2. The van der Waals surface area contributed by atoms with Gasteiger partial charge in [0.25, 0.3) is 0 Å². The Balaban J connectivity index is 1.56. The third-order valence-electron chi connectivity index (χ3n) is 5.49. The van der Waals surface area contributed by atoms with Crippen LogP contribution < -0.4 is 5.32 Å². The Bertz CT molecular complexity index is 1280. The van der Waals surface area contributed by atoms with E-state index < -0.39 is 5.97 Å². The largest absolute Gasteiger partial charge is 0.477 e. The average Bonchev–Trinajstić information content (AvgIpc) is 3.41. The predicted molar refractivity (Wildman–Crippen MR) is 127 cm³/mol. The lowest BCUT2D eigenvalue weighted by Crippen LogP contribution is -2.08. The van der Waals surface area contributed by atoms with Gasteiger partial charge in [-0.25, -0.2) is 9.78 Å². The van der Waals surface area contributed by atoms with Crippen molar-refractivity contribution < 1.29 is 9.90 Å². The Morgan fingerprint density at radius 2 is 2.06 bits per heavy atom. The van der Waals surface area contributed by atoms with Crippen molar-refractivity contribution in [1.82, 2.24) is 9.55 Å². The number of hydrogen-bond acceptors (Lipinski definition) is 5. The number of aromatic carboxylic acids is 1. The molecule has 0 spiro atoms. The van der Waals surface area contributed by atoms with Gasteiger partial charge in [-0.2, -0.15) is 5.26 Å². The zero-order chi connectivity index (χ0) is 22.5. The number of carboxylic acids is 1. The number of benzene rings is 2. The number of carbonyl (C=O) groups is 1. The summed E-state index contributed by atoms with van der Waals surface area (Å²) < 4.78 is 3.05.